The average molecular weight is 407 g/mol. The quantitative estimate of drug-likeness (QED) is 0.557. The SMILES string of the molecule is COc1ccc([C@@H]2SCC(=O)N2c2ccccc2Oc2ccccc2)cc1OC. The van der Waals surface area contributed by atoms with Gasteiger partial charge >= 0.3 is 0 Å². The van der Waals surface area contributed by atoms with Crippen molar-refractivity contribution in [2.24, 2.45) is 0 Å². The standard InChI is InChI=1S/C23H21NO4S/c1-26-20-13-12-16(14-21(20)27-2)23-24(22(25)15-29-23)18-10-6-7-11-19(18)28-17-8-4-3-5-9-17/h3-14,23H,15H2,1-2H3/t23-/m0/s1. The van der Waals surface area contributed by atoms with E-state index in [1.165, 1.54) is 0 Å². The molecule has 148 valence electrons. The second-order valence-corrected chi connectivity index (χ2v) is 7.49. The van der Waals surface area contributed by atoms with Gasteiger partial charge in [0.2, 0.25) is 5.91 Å². The van der Waals surface area contributed by atoms with Crippen molar-refractivity contribution in [2.45, 2.75) is 5.37 Å². The molecule has 29 heavy (non-hydrogen) atoms. The van der Waals surface area contributed by atoms with Gasteiger partial charge in [0.1, 0.15) is 11.1 Å². The molecule has 0 radical (unpaired) electrons. The minimum atomic E-state index is -0.178. The van der Waals surface area contributed by atoms with E-state index in [0.717, 1.165) is 17.0 Å². The molecule has 0 bridgehead atoms. The van der Waals surface area contributed by atoms with Crippen molar-refractivity contribution >= 4 is 23.4 Å². The van der Waals surface area contributed by atoms with Gasteiger partial charge < -0.3 is 14.2 Å². The molecule has 0 spiro atoms. The third-order valence-corrected chi connectivity index (χ3v) is 5.87. The third-order valence-electron chi connectivity index (χ3n) is 4.66. The number of benzene rings is 3. The van der Waals surface area contributed by atoms with Crippen LogP contribution in [0.3, 0.4) is 0 Å². The highest BCUT2D eigenvalue weighted by Gasteiger charge is 2.36. The number of para-hydroxylation sites is 3. The summed E-state index contributed by atoms with van der Waals surface area (Å²) in [5.41, 5.74) is 1.71. The number of hydrogen-bond donors (Lipinski definition) is 0. The lowest BCUT2D eigenvalue weighted by Crippen LogP contribution is -2.28. The molecule has 1 aliphatic heterocycles. The Hall–Kier alpha value is -3.12. The smallest absolute Gasteiger partial charge is 0.238 e. The molecular formula is C23H21NO4S. The molecule has 0 aliphatic carbocycles. The lowest BCUT2D eigenvalue weighted by Gasteiger charge is -2.26. The first-order valence-corrected chi connectivity index (χ1v) is 10.2. The minimum absolute atomic E-state index is 0.0406. The normalized spacial score (nSPS) is 16.0. The first-order chi connectivity index (χ1) is 14.2. The lowest BCUT2D eigenvalue weighted by molar-refractivity contribution is -0.115. The van der Waals surface area contributed by atoms with E-state index in [4.69, 9.17) is 14.2 Å². The van der Waals surface area contributed by atoms with Crippen LogP contribution in [-0.4, -0.2) is 25.9 Å². The number of nitrogens with zero attached hydrogens (tertiary/aromatic N) is 1. The summed E-state index contributed by atoms with van der Waals surface area (Å²) in [6, 6.07) is 22.9. The van der Waals surface area contributed by atoms with Gasteiger partial charge in [0.15, 0.2) is 17.2 Å². The molecular weight excluding hydrogens is 386 g/mol. The van der Waals surface area contributed by atoms with Crippen molar-refractivity contribution in [3.63, 3.8) is 0 Å². The number of amides is 1. The number of hydrogen-bond acceptors (Lipinski definition) is 5. The van der Waals surface area contributed by atoms with E-state index < -0.39 is 0 Å². The van der Waals surface area contributed by atoms with Crippen LogP contribution in [0.5, 0.6) is 23.0 Å². The molecule has 1 heterocycles. The van der Waals surface area contributed by atoms with E-state index >= 15 is 0 Å². The molecule has 1 amide bonds. The fourth-order valence-corrected chi connectivity index (χ4v) is 4.45. The highest BCUT2D eigenvalue weighted by atomic mass is 32.2. The second-order valence-electron chi connectivity index (χ2n) is 6.42. The van der Waals surface area contributed by atoms with Crippen molar-refractivity contribution in [2.75, 3.05) is 24.9 Å². The van der Waals surface area contributed by atoms with Crippen LogP contribution >= 0.6 is 11.8 Å². The number of carbonyl (C=O) groups is 1. The lowest BCUT2D eigenvalue weighted by atomic mass is 10.1. The van der Waals surface area contributed by atoms with Crippen LogP contribution in [-0.2, 0) is 4.79 Å². The highest BCUT2D eigenvalue weighted by Crippen LogP contribution is 2.46. The Kier molecular flexibility index (Phi) is 5.62. The third kappa shape index (κ3) is 3.89. The Balaban J connectivity index is 1.71. The fraction of sp³-hybridized carbons (Fsp3) is 0.174. The van der Waals surface area contributed by atoms with E-state index in [9.17, 15) is 4.79 Å². The van der Waals surface area contributed by atoms with Crippen molar-refractivity contribution in [1.29, 1.82) is 0 Å². The molecule has 6 heteroatoms. The number of thioether (sulfide) groups is 1. The largest absolute Gasteiger partial charge is 0.493 e. The maximum Gasteiger partial charge on any atom is 0.238 e. The van der Waals surface area contributed by atoms with Crippen molar-refractivity contribution in [1.82, 2.24) is 0 Å². The van der Waals surface area contributed by atoms with Gasteiger partial charge in [0.05, 0.1) is 25.7 Å². The first-order valence-electron chi connectivity index (χ1n) is 9.19. The van der Waals surface area contributed by atoms with E-state index in [0.29, 0.717) is 23.0 Å². The predicted molar refractivity (Wildman–Crippen MR) is 115 cm³/mol. The van der Waals surface area contributed by atoms with E-state index in [2.05, 4.69) is 0 Å². The maximum atomic E-state index is 12.8. The van der Waals surface area contributed by atoms with Gasteiger partial charge in [-0.3, -0.25) is 9.69 Å². The number of rotatable bonds is 6. The maximum absolute atomic E-state index is 12.8. The monoisotopic (exact) mass is 407 g/mol. The molecule has 0 saturated carbocycles. The average Bonchev–Trinajstić information content (AvgIpc) is 3.15. The molecule has 0 aromatic heterocycles. The first kappa shape index (κ1) is 19.2. The molecule has 0 N–H and O–H groups in total. The van der Waals surface area contributed by atoms with Gasteiger partial charge in [-0.15, -0.1) is 11.8 Å². The molecule has 1 aliphatic rings. The van der Waals surface area contributed by atoms with Gasteiger partial charge in [-0.05, 0) is 42.0 Å². The molecule has 3 aromatic carbocycles. The zero-order valence-corrected chi connectivity index (χ0v) is 17.0. The predicted octanol–water partition coefficient (Wildman–Crippen LogP) is 5.27. The fourth-order valence-electron chi connectivity index (χ4n) is 3.30. The summed E-state index contributed by atoms with van der Waals surface area (Å²) >= 11 is 1.58. The summed E-state index contributed by atoms with van der Waals surface area (Å²) in [6.07, 6.45) is 0. The molecule has 1 fully saturated rings. The van der Waals surface area contributed by atoms with Crippen molar-refractivity contribution in [3.05, 3.63) is 78.4 Å². The van der Waals surface area contributed by atoms with E-state index in [1.807, 2.05) is 72.8 Å². The molecule has 1 atom stereocenters. The van der Waals surface area contributed by atoms with Crippen molar-refractivity contribution < 1.29 is 19.0 Å². The summed E-state index contributed by atoms with van der Waals surface area (Å²) in [5, 5.41) is -0.178. The summed E-state index contributed by atoms with van der Waals surface area (Å²) in [5.74, 6) is 3.10. The Bertz CT molecular complexity index is 1010. The minimum Gasteiger partial charge on any atom is -0.493 e. The summed E-state index contributed by atoms with van der Waals surface area (Å²) in [4.78, 5) is 14.6. The van der Waals surface area contributed by atoms with Crippen molar-refractivity contribution in [3.8, 4) is 23.0 Å². The Labute approximate surface area is 174 Å². The van der Waals surface area contributed by atoms with Gasteiger partial charge in [0.25, 0.3) is 0 Å². The highest BCUT2D eigenvalue weighted by molar-refractivity contribution is 8.00. The van der Waals surface area contributed by atoms with Crippen LogP contribution in [0.1, 0.15) is 10.9 Å². The van der Waals surface area contributed by atoms with Gasteiger partial charge in [-0.25, -0.2) is 0 Å². The summed E-state index contributed by atoms with van der Waals surface area (Å²) < 4.78 is 16.9. The van der Waals surface area contributed by atoms with Crippen LogP contribution in [0, 0.1) is 0 Å². The molecule has 4 rings (SSSR count). The second kappa shape index (κ2) is 8.49. The van der Waals surface area contributed by atoms with Crippen LogP contribution in [0.15, 0.2) is 72.8 Å². The summed E-state index contributed by atoms with van der Waals surface area (Å²) in [6.45, 7) is 0. The number of methoxy groups -OCH3 is 2. The number of anilines is 1. The van der Waals surface area contributed by atoms with Gasteiger partial charge in [-0.2, -0.15) is 0 Å². The van der Waals surface area contributed by atoms with Crippen LogP contribution in [0.2, 0.25) is 0 Å². The van der Waals surface area contributed by atoms with E-state index in [1.54, 1.807) is 30.9 Å². The van der Waals surface area contributed by atoms with Gasteiger partial charge in [0, 0.05) is 0 Å². The Morgan fingerprint density at radius 3 is 2.34 bits per heavy atom. The van der Waals surface area contributed by atoms with E-state index in [-0.39, 0.29) is 11.3 Å². The number of ether oxygens (including phenoxy) is 3. The summed E-state index contributed by atoms with van der Waals surface area (Å²) in [7, 11) is 3.21. The molecule has 1 saturated heterocycles. The van der Waals surface area contributed by atoms with Crippen LogP contribution < -0.4 is 19.1 Å². The molecule has 0 unspecified atom stereocenters. The Morgan fingerprint density at radius 1 is 0.862 bits per heavy atom. The topological polar surface area (TPSA) is 48.0 Å². The van der Waals surface area contributed by atoms with Crippen LogP contribution in [0.25, 0.3) is 0 Å². The molecule has 3 aromatic rings. The Morgan fingerprint density at radius 2 is 1.59 bits per heavy atom. The zero-order valence-electron chi connectivity index (χ0n) is 16.2. The number of carbonyl (C=O) groups excluding carboxylic acids is 1. The van der Waals surface area contributed by atoms with Gasteiger partial charge in [-0.1, -0.05) is 36.4 Å². The zero-order chi connectivity index (χ0) is 20.2. The molecule has 5 nitrogen and oxygen atoms in total. The van der Waals surface area contributed by atoms with Crippen LogP contribution in [0.4, 0.5) is 5.69 Å².